The van der Waals surface area contributed by atoms with Gasteiger partial charge in [-0.3, -0.25) is 0 Å². The van der Waals surface area contributed by atoms with E-state index in [0.29, 0.717) is 0 Å². The summed E-state index contributed by atoms with van der Waals surface area (Å²) in [5, 5.41) is 4.97. The van der Waals surface area contributed by atoms with Gasteiger partial charge in [0.05, 0.1) is 5.75 Å². The highest BCUT2D eigenvalue weighted by molar-refractivity contribution is 7.89. The van der Waals surface area contributed by atoms with Gasteiger partial charge in [-0.25, -0.2) is 13.6 Å². The lowest BCUT2D eigenvalue weighted by molar-refractivity contribution is 0.223. The molecule has 0 bridgehead atoms. The molecule has 0 spiro atoms. The van der Waals surface area contributed by atoms with Crippen LogP contribution >= 0.6 is 0 Å². The number of nitrogens with two attached hydrogens (primary N) is 1. The number of likely N-dealkylation sites (tertiary alicyclic amines) is 1. The molecule has 1 aliphatic rings. The van der Waals surface area contributed by atoms with E-state index in [9.17, 15) is 8.42 Å². The highest BCUT2D eigenvalue weighted by Crippen LogP contribution is 2.15. The first-order chi connectivity index (χ1) is 5.47. The highest BCUT2D eigenvalue weighted by Gasteiger charge is 2.20. The Kier molecular flexibility index (Phi) is 3.09. The molecule has 1 atom stereocenters. The molecular weight excluding hydrogens is 176 g/mol. The zero-order valence-corrected chi connectivity index (χ0v) is 8.18. The lowest BCUT2D eigenvalue weighted by Crippen LogP contribution is -2.36. The van der Waals surface area contributed by atoms with Crippen LogP contribution in [0.25, 0.3) is 0 Å². The van der Waals surface area contributed by atoms with E-state index in [4.69, 9.17) is 5.14 Å². The van der Waals surface area contributed by atoms with Gasteiger partial charge in [0.1, 0.15) is 0 Å². The van der Waals surface area contributed by atoms with Crippen molar-refractivity contribution in [2.75, 3.05) is 25.9 Å². The van der Waals surface area contributed by atoms with Crippen molar-refractivity contribution >= 4 is 10.0 Å². The average molecular weight is 192 g/mol. The van der Waals surface area contributed by atoms with Crippen LogP contribution in [0.1, 0.15) is 12.8 Å². The van der Waals surface area contributed by atoms with Gasteiger partial charge in [-0.1, -0.05) is 0 Å². The zero-order valence-electron chi connectivity index (χ0n) is 7.36. The van der Waals surface area contributed by atoms with Gasteiger partial charge in [0.25, 0.3) is 0 Å². The summed E-state index contributed by atoms with van der Waals surface area (Å²) in [5.41, 5.74) is 0. The van der Waals surface area contributed by atoms with Crippen LogP contribution in [0.4, 0.5) is 0 Å². The second-order valence-corrected chi connectivity index (χ2v) is 5.26. The number of rotatable bonds is 2. The average Bonchev–Trinajstić information content (AvgIpc) is 1.82. The molecule has 0 aromatic carbocycles. The third-order valence-corrected chi connectivity index (χ3v) is 3.13. The lowest BCUT2D eigenvalue weighted by Gasteiger charge is -2.28. The molecule has 0 amide bonds. The Labute approximate surface area is 73.8 Å². The quantitative estimate of drug-likeness (QED) is 0.648. The molecule has 0 saturated carbocycles. The lowest BCUT2D eigenvalue weighted by atomic mass is 10.0. The molecule has 1 saturated heterocycles. The number of primary sulfonamides is 1. The van der Waals surface area contributed by atoms with E-state index in [1.807, 2.05) is 7.05 Å². The van der Waals surface area contributed by atoms with E-state index in [0.717, 1.165) is 25.9 Å². The zero-order chi connectivity index (χ0) is 9.19. The van der Waals surface area contributed by atoms with Crippen molar-refractivity contribution in [2.24, 2.45) is 11.1 Å². The van der Waals surface area contributed by atoms with Gasteiger partial charge in [0, 0.05) is 6.54 Å². The summed E-state index contributed by atoms with van der Waals surface area (Å²) >= 11 is 0. The molecular formula is C7H16N2O2S. The van der Waals surface area contributed by atoms with Gasteiger partial charge in [0.2, 0.25) is 10.0 Å². The molecule has 1 heterocycles. The number of piperidine rings is 1. The van der Waals surface area contributed by atoms with Gasteiger partial charge in [-0.2, -0.15) is 0 Å². The van der Waals surface area contributed by atoms with Crippen LogP contribution in [-0.2, 0) is 10.0 Å². The fraction of sp³-hybridized carbons (Fsp3) is 1.00. The molecule has 5 heteroatoms. The fourth-order valence-corrected chi connectivity index (χ4v) is 2.67. The standard InChI is InChI=1S/C7H16N2O2S/c1-9-4-2-3-7(5-9)6-12(8,10)11/h7H,2-6H2,1H3,(H2,8,10,11). The third-order valence-electron chi connectivity index (χ3n) is 2.19. The Morgan fingerprint density at radius 2 is 2.25 bits per heavy atom. The molecule has 1 fully saturated rings. The molecule has 1 rings (SSSR count). The van der Waals surface area contributed by atoms with Crippen LogP contribution in [0.5, 0.6) is 0 Å². The predicted octanol–water partition coefficient (Wildman–Crippen LogP) is -0.383. The van der Waals surface area contributed by atoms with Crippen molar-refractivity contribution < 1.29 is 8.42 Å². The van der Waals surface area contributed by atoms with Gasteiger partial charge in [-0.15, -0.1) is 0 Å². The highest BCUT2D eigenvalue weighted by atomic mass is 32.2. The topological polar surface area (TPSA) is 63.4 Å². The minimum absolute atomic E-state index is 0.136. The van der Waals surface area contributed by atoms with Gasteiger partial charge in [0.15, 0.2) is 0 Å². The fourth-order valence-electron chi connectivity index (χ4n) is 1.74. The minimum Gasteiger partial charge on any atom is -0.306 e. The van der Waals surface area contributed by atoms with E-state index in [1.165, 1.54) is 0 Å². The Morgan fingerprint density at radius 1 is 1.58 bits per heavy atom. The first kappa shape index (κ1) is 9.95. The Bertz CT molecular complexity index is 238. The van der Waals surface area contributed by atoms with E-state index >= 15 is 0 Å². The van der Waals surface area contributed by atoms with Gasteiger partial charge >= 0.3 is 0 Å². The van der Waals surface area contributed by atoms with E-state index in [1.54, 1.807) is 0 Å². The smallest absolute Gasteiger partial charge is 0.209 e. The van der Waals surface area contributed by atoms with Crippen molar-refractivity contribution in [1.29, 1.82) is 0 Å². The summed E-state index contributed by atoms with van der Waals surface area (Å²) in [4.78, 5) is 2.15. The summed E-state index contributed by atoms with van der Waals surface area (Å²) in [7, 11) is -1.26. The summed E-state index contributed by atoms with van der Waals surface area (Å²) < 4.78 is 21.5. The maximum absolute atomic E-state index is 10.8. The normalized spacial score (nSPS) is 27.3. The predicted molar refractivity (Wildman–Crippen MR) is 48.2 cm³/mol. The molecule has 1 aliphatic heterocycles. The summed E-state index contributed by atoms with van der Waals surface area (Å²) in [5.74, 6) is 0.371. The van der Waals surface area contributed by atoms with Crippen molar-refractivity contribution in [2.45, 2.75) is 12.8 Å². The number of hydrogen-bond donors (Lipinski definition) is 1. The van der Waals surface area contributed by atoms with Crippen LogP contribution in [0, 0.1) is 5.92 Å². The SMILES string of the molecule is CN1CCCC(CS(N)(=O)=O)C1. The van der Waals surface area contributed by atoms with Crippen LogP contribution in [0.3, 0.4) is 0 Å². The van der Waals surface area contributed by atoms with Crippen LogP contribution in [0.2, 0.25) is 0 Å². The molecule has 4 nitrogen and oxygen atoms in total. The van der Waals surface area contributed by atoms with Crippen molar-refractivity contribution in [1.82, 2.24) is 4.90 Å². The van der Waals surface area contributed by atoms with Crippen LogP contribution in [-0.4, -0.2) is 39.2 Å². The molecule has 2 N–H and O–H groups in total. The second-order valence-electron chi connectivity index (χ2n) is 3.60. The Hall–Kier alpha value is -0.130. The van der Waals surface area contributed by atoms with E-state index < -0.39 is 10.0 Å². The number of nitrogens with zero attached hydrogens (tertiary/aromatic N) is 1. The molecule has 0 aromatic heterocycles. The monoisotopic (exact) mass is 192 g/mol. The summed E-state index contributed by atoms with van der Waals surface area (Å²) in [6, 6.07) is 0. The van der Waals surface area contributed by atoms with Crippen molar-refractivity contribution in [3.8, 4) is 0 Å². The molecule has 1 unspecified atom stereocenters. The minimum atomic E-state index is -3.27. The third kappa shape index (κ3) is 3.51. The van der Waals surface area contributed by atoms with Crippen LogP contribution in [0.15, 0.2) is 0 Å². The first-order valence-electron chi connectivity index (χ1n) is 4.16. The molecule has 12 heavy (non-hydrogen) atoms. The summed E-state index contributed by atoms with van der Waals surface area (Å²) in [6.07, 6.45) is 2.07. The van der Waals surface area contributed by atoms with E-state index in [2.05, 4.69) is 4.90 Å². The first-order valence-corrected chi connectivity index (χ1v) is 5.88. The number of sulfonamides is 1. The maximum Gasteiger partial charge on any atom is 0.209 e. The largest absolute Gasteiger partial charge is 0.306 e. The Morgan fingerprint density at radius 3 is 2.75 bits per heavy atom. The molecule has 0 aromatic rings. The molecule has 0 aliphatic carbocycles. The van der Waals surface area contributed by atoms with Crippen molar-refractivity contribution in [3.05, 3.63) is 0 Å². The Balaban J connectivity index is 2.43. The van der Waals surface area contributed by atoms with Crippen LogP contribution < -0.4 is 5.14 Å². The van der Waals surface area contributed by atoms with E-state index in [-0.39, 0.29) is 11.7 Å². The second kappa shape index (κ2) is 3.72. The summed E-state index contributed by atoms with van der Waals surface area (Å²) in [6.45, 7) is 1.93. The maximum atomic E-state index is 10.8. The van der Waals surface area contributed by atoms with Gasteiger partial charge in [-0.05, 0) is 32.4 Å². The molecule has 0 radical (unpaired) electrons. The van der Waals surface area contributed by atoms with Crippen molar-refractivity contribution in [3.63, 3.8) is 0 Å². The van der Waals surface area contributed by atoms with Gasteiger partial charge < -0.3 is 4.90 Å². The molecule has 72 valence electrons. The number of hydrogen-bond acceptors (Lipinski definition) is 3.